The normalized spacial score (nSPS) is 18.0. The molecular weight excluding hydrogens is 296 g/mol. The molecule has 0 amide bonds. The van der Waals surface area contributed by atoms with E-state index in [2.05, 4.69) is 40.7 Å². The van der Waals surface area contributed by atoms with Gasteiger partial charge in [-0.1, -0.05) is 41.6 Å². The predicted octanol–water partition coefficient (Wildman–Crippen LogP) is 3.16. The van der Waals surface area contributed by atoms with E-state index in [1.807, 2.05) is 0 Å². The summed E-state index contributed by atoms with van der Waals surface area (Å²) in [6.07, 6.45) is 4.23. The van der Waals surface area contributed by atoms with Gasteiger partial charge < -0.3 is 14.4 Å². The Morgan fingerprint density at radius 3 is 3.09 bits per heavy atom. The van der Waals surface area contributed by atoms with E-state index in [4.69, 9.17) is 4.74 Å². The van der Waals surface area contributed by atoms with Crippen molar-refractivity contribution < 1.29 is 9.84 Å². The van der Waals surface area contributed by atoms with Crippen molar-refractivity contribution in [3.05, 3.63) is 47.3 Å². The second kappa shape index (κ2) is 7.31. The maximum atomic E-state index is 9.52. The third-order valence-corrected chi connectivity index (χ3v) is 4.99. The highest BCUT2D eigenvalue weighted by atomic mass is 32.2. The molecule has 2 heterocycles. The Labute approximate surface area is 135 Å². The molecule has 1 aliphatic heterocycles. The molecule has 0 saturated carbocycles. The molecule has 1 aromatic carbocycles. The molecule has 0 unspecified atom stereocenters. The number of rotatable bonds is 6. The number of imidazole rings is 1. The van der Waals surface area contributed by atoms with Crippen LogP contribution in [0.1, 0.15) is 29.7 Å². The van der Waals surface area contributed by atoms with E-state index >= 15 is 0 Å². The van der Waals surface area contributed by atoms with Gasteiger partial charge in [-0.15, -0.1) is 0 Å². The van der Waals surface area contributed by atoms with Crippen LogP contribution in [0.5, 0.6) is 0 Å². The van der Waals surface area contributed by atoms with Gasteiger partial charge in [-0.3, -0.25) is 0 Å². The highest BCUT2D eigenvalue weighted by molar-refractivity contribution is 7.98. The predicted molar refractivity (Wildman–Crippen MR) is 87.9 cm³/mol. The zero-order chi connectivity index (χ0) is 15.4. The molecule has 3 rings (SSSR count). The van der Waals surface area contributed by atoms with Gasteiger partial charge in [0, 0.05) is 12.4 Å². The zero-order valence-electron chi connectivity index (χ0n) is 12.9. The number of nitrogens with zero attached hydrogens (tertiary/aromatic N) is 2. The largest absolute Gasteiger partial charge is 0.390 e. The van der Waals surface area contributed by atoms with E-state index in [9.17, 15) is 5.11 Å². The number of aryl methyl sites for hydroxylation is 1. The van der Waals surface area contributed by atoms with Gasteiger partial charge in [0.25, 0.3) is 0 Å². The van der Waals surface area contributed by atoms with Gasteiger partial charge in [0.1, 0.15) is 0 Å². The molecule has 4 nitrogen and oxygen atoms in total. The van der Waals surface area contributed by atoms with Crippen LogP contribution in [-0.4, -0.2) is 27.4 Å². The summed E-state index contributed by atoms with van der Waals surface area (Å²) in [5.74, 6) is 0.884. The van der Waals surface area contributed by atoms with E-state index in [0.717, 1.165) is 42.6 Å². The first-order valence-corrected chi connectivity index (χ1v) is 8.70. The molecular formula is C17H22N2O2S. The molecule has 0 bridgehead atoms. The Morgan fingerprint density at radius 1 is 1.45 bits per heavy atom. The number of ether oxygens (including phenoxy) is 1. The van der Waals surface area contributed by atoms with Crippen LogP contribution in [0.15, 0.2) is 35.6 Å². The van der Waals surface area contributed by atoms with Crippen LogP contribution in [0, 0.1) is 6.92 Å². The first-order valence-electron chi connectivity index (χ1n) is 7.71. The lowest BCUT2D eigenvalue weighted by Gasteiger charge is -2.15. The molecule has 1 N–H and O–H groups in total. The van der Waals surface area contributed by atoms with E-state index in [1.54, 1.807) is 18.0 Å². The second-order valence-corrected chi connectivity index (χ2v) is 6.66. The zero-order valence-corrected chi connectivity index (χ0v) is 13.7. The molecule has 1 aliphatic rings. The minimum Gasteiger partial charge on any atom is -0.390 e. The third-order valence-electron chi connectivity index (χ3n) is 3.92. The van der Waals surface area contributed by atoms with Crippen molar-refractivity contribution in [2.75, 3.05) is 6.61 Å². The molecule has 1 aromatic heterocycles. The van der Waals surface area contributed by atoms with Crippen LogP contribution in [0.25, 0.3) is 0 Å². The van der Waals surface area contributed by atoms with Gasteiger partial charge in [-0.05, 0) is 25.3 Å². The Bertz CT molecular complexity index is 621. The van der Waals surface area contributed by atoms with Crippen molar-refractivity contribution in [3.8, 4) is 0 Å². The lowest BCUT2D eigenvalue weighted by Crippen LogP contribution is -2.17. The van der Waals surface area contributed by atoms with E-state index in [1.165, 1.54) is 11.1 Å². The fourth-order valence-electron chi connectivity index (χ4n) is 2.77. The molecule has 5 heteroatoms. The molecule has 0 radical (unpaired) electrons. The van der Waals surface area contributed by atoms with Crippen LogP contribution in [-0.2, 0) is 23.6 Å². The van der Waals surface area contributed by atoms with Gasteiger partial charge in [0.15, 0.2) is 5.16 Å². The van der Waals surface area contributed by atoms with Gasteiger partial charge >= 0.3 is 0 Å². The summed E-state index contributed by atoms with van der Waals surface area (Å²) in [4.78, 5) is 4.48. The fraction of sp³-hybridized carbons (Fsp3) is 0.471. The number of benzene rings is 1. The highest BCUT2D eigenvalue weighted by Gasteiger charge is 2.19. The minimum absolute atomic E-state index is 0.0186. The molecule has 118 valence electrons. The average Bonchev–Trinajstić information content (AvgIpc) is 3.16. The van der Waals surface area contributed by atoms with Gasteiger partial charge in [0.05, 0.1) is 31.1 Å². The van der Waals surface area contributed by atoms with E-state index in [-0.39, 0.29) is 12.7 Å². The Kier molecular flexibility index (Phi) is 5.18. The van der Waals surface area contributed by atoms with Crippen LogP contribution in [0.3, 0.4) is 0 Å². The van der Waals surface area contributed by atoms with E-state index < -0.39 is 0 Å². The number of thioether (sulfide) groups is 1. The summed E-state index contributed by atoms with van der Waals surface area (Å²) in [7, 11) is 0. The molecule has 1 fully saturated rings. The number of aliphatic hydroxyl groups excluding tert-OH is 1. The summed E-state index contributed by atoms with van der Waals surface area (Å²) in [5.41, 5.74) is 3.43. The Morgan fingerprint density at radius 2 is 2.36 bits per heavy atom. The van der Waals surface area contributed by atoms with Crippen molar-refractivity contribution in [2.45, 2.75) is 49.9 Å². The molecule has 0 spiro atoms. The standard InChI is InChI=1S/C17H22N2O2S/c1-13-4-2-5-14(8-13)12-22-17-18-9-15(11-20)19(17)10-16-6-3-7-21-16/h2,4-5,8-9,16,20H,3,6-7,10-12H2,1H3/t16-/m0/s1. The molecule has 1 atom stereocenters. The number of aromatic nitrogens is 2. The first-order chi connectivity index (χ1) is 10.8. The van der Waals surface area contributed by atoms with Crippen LogP contribution in [0.4, 0.5) is 0 Å². The summed E-state index contributed by atoms with van der Waals surface area (Å²) in [6, 6.07) is 8.53. The third kappa shape index (κ3) is 3.72. The van der Waals surface area contributed by atoms with Gasteiger partial charge in [-0.2, -0.15) is 0 Å². The number of hydrogen-bond donors (Lipinski definition) is 1. The van der Waals surface area contributed by atoms with Crippen LogP contribution < -0.4 is 0 Å². The first kappa shape index (κ1) is 15.6. The molecule has 0 aliphatic carbocycles. The Balaban J connectivity index is 1.71. The quantitative estimate of drug-likeness (QED) is 0.831. The lowest BCUT2D eigenvalue weighted by molar-refractivity contribution is 0.0930. The van der Waals surface area contributed by atoms with Crippen LogP contribution >= 0.6 is 11.8 Å². The van der Waals surface area contributed by atoms with Crippen molar-refractivity contribution in [1.29, 1.82) is 0 Å². The second-order valence-electron chi connectivity index (χ2n) is 5.71. The van der Waals surface area contributed by atoms with Crippen LogP contribution in [0.2, 0.25) is 0 Å². The SMILES string of the molecule is Cc1cccc(CSc2ncc(CO)n2C[C@@H]2CCCO2)c1. The number of hydrogen-bond acceptors (Lipinski definition) is 4. The highest BCUT2D eigenvalue weighted by Crippen LogP contribution is 2.25. The smallest absolute Gasteiger partial charge is 0.168 e. The van der Waals surface area contributed by atoms with Gasteiger partial charge in [0.2, 0.25) is 0 Å². The summed E-state index contributed by atoms with van der Waals surface area (Å²) < 4.78 is 7.83. The summed E-state index contributed by atoms with van der Waals surface area (Å²) in [6.45, 7) is 3.76. The maximum Gasteiger partial charge on any atom is 0.168 e. The number of aliphatic hydroxyl groups is 1. The minimum atomic E-state index is 0.0186. The molecule has 1 saturated heterocycles. The summed E-state index contributed by atoms with van der Waals surface area (Å²) >= 11 is 1.71. The average molecular weight is 318 g/mol. The van der Waals surface area contributed by atoms with Crippen molar-refractivity contribution in [2.24, 2.45) is 0 Å². The lowest BCUT2D eigenvalue weighted by atomic mass is 10.2. The fourth-order valence-corrected chi connectivity index (χ4v) is 3.72. The molecule has 22 heavy (non-hydrogen) atoms. The van der Waals surface area contributed by atoms with Gasteiger partial charge in [-0.25, -0.2) is 4.98 Å². The monoisotopic (exact) mass is 318 g/mol. The topological polar surface area (TPSA) is 47.3 Å². The van der Waals surface area contributed by atoms with E-state index in [0.29, 0.717) is 0 Å². The van der Waals surface area contributed by atoms with Crippen molar-refractivity contribution in [1.82, 2.24) is 9.55 Å². The maximum absolute atomic E-state index is 9.52. The molecule has 2 aromatic rings. The Hall–Kier alpha value is -1.30. The van der Waals surface area contributed by atoms with Crippen molar-refractivity contribution in [3.63, 3.8) is 0 Å². The summed E-state index contributed by atoms with van der Waals surface area (Å²) in [5, 5.41) is 10.5. The van der Waals surface area contributed by atoms with Crippen molar-refractivity contribution >= 4 is 11.8 Å².